The molecule has 1 amide bonds. The van der Waals surface area contributed by atoms with Gasteiger partial charge < -0.3 is 19.9 Å². The van der Waals surface area contributed by atoms with Crippen LogP contribution in [0.2, 0.25) is 5.02 Å². The van der Waals surface area contributed by atoms with Gasteiger partial charge in [-0.05, 0) is 73.2 Å². The van der Waals surface area contributed by atoms with Gasteiger partial charge in [-0.3, -0.25) is 9.59 Å². The Balaban J connectivity index is 1.25. The third kappa shape index (κ3) is 5.36. The minimum absolute atomic E-state index is 0.250. The van der Waals surface area contributed by atoms with Crippen molar-refractivity contribution in [2.24, 2.45) is 0 Å². The van der Waals surface area contributed by atoms with E-state index in [9.17, 15) is 19.1 Å². The van der Waals surface area contributed by atoms with Gasteiger partial charge in [-0.2, -0.15) is 0 Å². The number of hydrogen-bond acceptors (Lipinski definition) is 6. The van der Waals surface area contributed by atoms with Gasteiger partial charge in [0.25, 0.3) is 5.91 Å². The Hall–Kier alpha value is -4.50. The van der Waals surface area contributed by atoms with Gasteiger partial charge in [-0.1, -0.05) is 11.6 Å². The molecule has 5 rings (SSSR count). The highest BCUT2D eigenvalue weighted by Crippen LogP contribution is 2.41. The number of carboxylic acid groups (broad SMARTS) is 1. The lowest BCUT2D eigenvalue weighted by Crippen LogP contribution is -2.20. The summed E-state index contributed by atoms with van der Waals surface area (Å²) in [5.74, 6) is -0.944. The summed E-state index contributed by atoms with van der Waals surface area (Å²) in [4.78, 5) is 24.1. The number of benzene rings is 3. The maximum atomic E-state index is 13.1. The molecule has 0 fully saturated rings. The summed E-state index contributed by atoms with van der Waals surface area (Å²) in [6.45, 7) is 0.286. The monoisotopic (exact) mass is 519 g/mol. The zero-order valence-corrected chi connectivity index (χ0v) is 19.9. The van der Waals surface area contributed by atoms with E-state index in [1.54, 1.807) is 60.7 Å². The van der Waals surface area contributed by atoms with Gasteiger partial charge >= 0.3 is 5.97 Å². The van der Waals surface area contributed by atoms with Gasteiger partial charge in [-0.25, -0.2) is 4.39 Å². The Labute approximate surface area is 215 Å². The second-order valence-corrected chi connectivity index (χ2v) is 8.65. The SMILES string of the molecule is O=C(Nc1ccc(-c2ccc(F)cc2)nn1)c1ccc(Oc2cc3c(cc2Cl)C(C(=O)O)CCO3)cc1. The Kier molecular flexibility index (Phi) is 6.70. The molecule has 0 saturated heterocycles. The van der Waals surface area contributed by atoms with E-state index in [0.29, 0.717) is 46.1 Å². The van der Waals surface area contributed by atoms with Crippen LogP contribution >= 0.6 is 11.6 Å². The van der Waals surface area contributed by atoms with Crippen LogP contribution in [-0.4, -0.2) is 33.8 Å². The Morgan fingerprint density at radius 2 is 1.78 bits per heavy atom. The molecule has 0 saturated carbocycles. The second-order valence-electron chi connectivity index (χ2n) is 8.24. The number of ether oxygens (including phenoxy) is 2. The molecule has 186 valence electrons. The van der Waals surface area contributed by atoms with Gasteiger partial charge in [0.05, 0.1) is 23.2 Å². The van der Waals surface area contributed by atoms with E-state index in [0.717, 1.165) is 0 Å². The number of rotatable bonds is 6. The maximum absolute atomic E-state index is 13.1. The first-order valence-electron chi connectivity index (χ1n) is 11.3. The Bertz CT molecular complexity index is 1460. The number of hydrogen-bond donors (Lipinski definition) is 2. The van der Waals surface area contributed by atoms with Crippen molar-refractivity contribution >= 4 is 29.3 Å². The molecule has 4 aromatic rings. The van der Waals surface area contributed by atoms with Crippen LogP contribution in [0.15, 0.2) is 72.8 Å². The molecule has 1 aromatic heterocycles. The van der Waals surface area contributed by atoms with Crippen LogP contribution < -0.4 is 14.8 Å². The fraction of sp³-hybridized carbons (Fsp3) is 0.111. The minimum atomic E-state index is -0.932. The molecule has 0 spiro atoms. The van der Waals surface area contributed by atoms with Gasteiger partial charge in [-0.15, -0.1) is 10.2 Å². The standard InChI is InChI=1S/C27H19ClFN3O5/c28-21-13-20-19(27(34)35)11-12-36-23(20)14-24(21)37-18-7-3-16(4-8-18)26(33)30-25-10-9-22(31-32-25)15-1-5-17(29)6-2-15/h1-10,13-14,19H,11-12H2,(H,34,35)(H,30,32,33). The van der Waals surface area contributed by atoms with Gasteiger partial charge in [0.1, 0.15) is 23.1 Å². The van der Waals surface area contributed by atoms with Crippen molar-refractivity contribution < 1.29 is 28.6 Å². The number of halogens is 2. The summed E-state index contributed by atoms with van der Waals surface area (Å²) in [5.41, 5.74) is 2.12. The van der Waals surface area contributed by atoms with Crippen LogP contribution in [0, 0.1) is 5.82 Å². The number of carbonyl (C=O) groups is 2. The molecule has 2 N–H and O–H groups in total. The molecule has 37 heavy (non-hydrogen) atoms. The van der Waals surface area contributed by atoms with Crippen molar-refractivity contribution in [2.75, 3.05) is 11.9 Å². The first-order valence-corrected chi connectivity index (χ1v) is 11.6. The smallest absolute Gasteiger partial charge is 0.311 e. The highest BCUT2D eigenvalue weighted by molar-refractivity contribution is 6.32. The number of aliphatic carboxylic acids is 1. The number of carboxylic acids is 1. The molecule has 1 atom stereocenters. The van der Waals surface area contributed by atoms with E-state index in [-0.39, 0.29) is 23.3 Å². The molecule has 0 radical (unpaired) electrons. The highest BCUT2D eigenvalue weighted by atomic mass is 35.5. The van der Waals surface area contributed by atoms with Crippen LogP contribution in [0.5, 0.6) is 17.2 Å². The summed E-state index contributed by atoms with van der Waals surface area (Å²) in [6.07, 6.45) is 0.367. The molecule has 0 bridgehead atoms. The van der Waals surface area contributed by atoms with Crippen LogP contribution in [0.4, 0.5) is 10.2 Å². The second kappa shape index (κ2) is 10.2. The molecule has 10 heteroatoms. The number of fused-ring (bicyclic) bond motifs is 1. The van der Waals surface area contributed by atoms with Gasteiger partial charge in [0.15, 0.2) is 5.82 Å². The average Bonchev–Trinajstić information content (AvgIpc) is 2.90. The fourth-order valence-electron chi connectivity index (χ4n) is 3.89. The van der Waals surface area contributed by atoms with E-state index in [4.69, 9.17) is 21.1 Å². The van der Waals surface area contributed by atoms with Crippen LogP contribution in [-0.2, 0) is 4.79 Å². The number of aromatic nitrogens is 2. The van der Waals surface area contributed by atoms with Crippen LogP contribution in [0.25, 0.3) is 11.3 Å². The fourth-order valence-corrected chi connectivity index (χ4v) is 4.10. The van der Waals surface area contributed by atoms with Crippen molar-refractivity contribution in [2.45, 2.75) is 12.3 Å². The topological polar surface area (TPSA) is 111 Å². The number of nitrogens with one attached hydrogen (secondary N) is 1. The van der Waals surface area contributed by atoms with E-state index in [1.807, 2.05) is 0 Å². The summed E-state index contributed by atoms with van der Waals surface area (Å²) in [6, 6.07) is 18.6. The number of carbonyl (C=O) groups excluding carboxylic acids is 1. The predicted molar refractivity (Wildman–Crippen MR) is 134 cm³/mol. The molecular formula is C27H19ClFN3O5. The van der Waals surface area contributed by atoms with E-state index in [1.165, 1.54) is 12.1 Å². The highest BCUT2D eigenvalue weighted by Gasteiger charge is 2.29. The van der Waals surface area contributed by atoms with Crippen LogP contribution in [0.1, 0.15) is 28.3 Å². The maximum Gasteiger partial charge on any atom is 0.311 e. The lowest BCUT2D eigenvalue weighted by molar-refractivity contribution is -0.139. The predicted octanol–water partition coefficient (Wildman–Crippen LogP) is 5.93. The molecular weight excluding hydrogens is 501 g/mol. The zero-order valence-electron chi connectivity index (χ0n) is 19.2. The molecule has 3 aromatic carbocycles. The summed E-state index contributed by atoms with van der Waals surface area (Å²) < 4.78 is 24.6. The molecule has 2 heterocycles. The minimum Gasteiger partial charge on any atom is -0.493 e. The molecule has 1 unspecified atom stereocenters. The molecule has 1 aliphatic rings. The van der Waals surface area contributed by atoms with Crippen molar-refractivity contribution in [1.29, 1.82) is 0 Å². The summed E-state index contributed by atoms with van der Waals surface area (Å²) >= 11 is 6.34. The zero-order chi connectivity index (χ0) is 25.9. The first kappa shape index (κ1) is 24.2. The normalized spacial score (nSPS) is 14.3. The third-order valence-electron chi connectivity index (χ3n) is 5.79. The van der Waals surface area contributed by atoms with Gasteiger partial charge in [0, 0.05) is 22.8 Å². The lowest BCUT2D eigenvalue weighted by atomic mass is 9.93. The number of amides is 1. The van der Waals surface area contributed by atoms with Crippen molar-refractivity contribution in [3.05, 3.63) is 94.8 Å². The van der Waals surface area contributed by atoms with Crippen molar-refractivity contribution in [3.63, 3.8) is 0 Å². The van der Waals surface area contributed by atoms with Crippen LogP contribution in [0.3, 0.4) is 0 Å². The third-order valence-corrected chi connectivity index (χ3v) is 6.09. The molecule has 8 nitrogen and oxygen atoms in total. The summed E-state index contributed by atoms with van der Waals surface area (Å²) in [7, 11) is 0. The first-order chi connectivity index (χ1) is 17.9. The van der Waals surface area contributed by atoms with E-state index < -0.39 is 17.8 Å². The summed E-state index contributed by atoms with van der Waals surface area (Å²) in [5, 5.41) is 20.4. The van der Waals surface area contributed by atoms with Gasteiger partial charge in [0.2, 0.25) is 0 Å². The van der Waals surface area contributed by atoms with E-state index in [2.05, 4.69) is 15.5 Å². The largest absolute Gasteiger partial charge is 0.493 e. The van der Waals surface area contributed by atoms with Crippen molar-refractivity contribution in [1.82, 2.24) is 10.2 Å². The quantitative estimate of drug-likeness (QED) is 0.325. The number of nitrogens with zero attached hydrogens (tertiary/aromatic N) is 2. The Morgan fingerprint density at radius 1 is 1.03 bits per heavy atom. The van der Waals surface area contributed by atoms with E-state index >= 15 is 0 Å². The molecule has 1 aliphatic heterocycles. The Morgan fingerprint density at radius 3 is 2.46 bits per heavy atom. The van der Waals surface area contributed by atoms with Crippen molar-refractivity contribution in [3.8, 4) is 28.5 Å². The number of anilines is 1. The lowest BCUT2D eigenvalue weighted by Gasteiger charge is -2.24. The average molecular weight is 520 g/mol. The molecule has 0 aliphatic carbocycles.